The predicted molar refractivity (Wildman–Crippen MR) is 120 cm³/mol. The first kappa shape index (κ1) is 20.9. The lowest BCUT2D eigenvalue weighted by Crippen LogP contribution is -2.44. The Morgan fingerprint density at radius 3 is 2.55 bits per heavy atom. The van der Waals surface area contributed by atoms with E-state index in [1.54, 1.807) is 54.6 Å². The van der Waals surface area contributed by atoms with E-state index in [0.29, 0.717) is 33.3 Å². The number of rotatable bonds is 5. The fourth-order valence-electron chi connectivity index (χ4n) is 3.78. The molecule has 0 bridgehead atoms. The van der Waals surface area contributed by atoms with E-state index in [1.165, 1.54) is 12.0 Å². The molecule has 0 spiro atoms. The number of halogens is 1. The van der Waals surface area contributed by atoms with E-state index in [9.17, 15) is 14.7 Å². The van der Waals surface area contributed by atoms with Crippen LogP contribution in [0.15, 0.2) is 66.7 Å². The first-order valence-corrected chi connectivity index (χ1v) is 10.1. The molecule has 1 atom stereocenters. The Morgan fingerprint density at radius 2 is 1.84 bits per heavy atom. The molecule has 6 nitrogen and oxygen atoms in total. The number of anilines is 2. The van der Waals surface area contributed by atoms with E-state index >= 15 is 0 Å². The summed E-state index contributed by atoms with van der Waals surface area (Å²) in [6, 6.07) is 18.9. The fraction of sp³-hybridized carbons (Fsp3) is 0.167. The van der Waals surface area contributed by atoms with E-state index in [-0.39, 0.29) is 6.54 Å². The summed E-state index contributed by atoms with van der Waals surface area (Å²) in [5.74, 6) is -0.579. The van der Waals surface area contributed by atoms with Gasteiger partial charge in [-0.05, 0) is 36.8 Å². The number of carbonyl (C=O) groups excluding carboxylic acids is 2. The van der Waals surface area contributed by atoms with E-state index in [2.05, 4.69) is 5.32 Å². The molecule has 1 aliphatic heterocycles. The molecule has 31 heavy (non-hydrogen) atoms. The molecule has 3 aromatic rings. The van der Waals surface area contributed by atoms with Crippen molar-refractivity contribution in [2.75, 3.05) is 23.9 Å². The molecule has 0 aromatic heterocycles. The molecule has 0 saturated heterocycles. The molecule has 0 radical (unpaired) electrons. The van der Waals surface area contributed by atoms with Gasteiger partial charge in [-0.1, -0.05) is 59.6 Å². The molecular weight excluding hydrogens is 416 g/mol. The molecule has 0 fully saturated rings. The number of hydrogen-bond donors (Lipinski definition) is 2. The van der Waals surface area contributed by atoms with Crippen LogP contribution in [0.3, 0.4) is 0 Å². The van der Waals surface area contributed by atoms with Gasteiger partial charge in [-0.2, -0.15) is 0 Å². The molecule has 7 heteroatoms. The second kappa shape index (κ2) is 8.06. The van der Waals surface area contributed by atoms with Gasteiger partial charge in [0.25, 0.3) is 5.91 Å². The van der Waals surface area contributed by atoms with Gasteiger partial charge in [-0.25, -0.2) is 0 Å². The maximum absolute atomic E-state index is 13.4. The number of carbonyl (C=O) groups is 2. The zero-order valence-corrected chi connectivity index (χ0v) is 17.8. The molecule has 1 unspecified atom stereocenters. The highest BCUT2D eigenvalue weighted by Crippen LogP contribution is 2.44. The van der Waals surface area contributed by atoms with Crippen LogP contribution in [0.25, 0.3) is 0 Å². The second-order valence-corrected chi connectivity index (χ2v) is 7.81. The van der Waals surface area contributed by atoms with Gasteiger partial charge in [0.15, 0.2) is 5.60 Å². The highest BCUT2D eigenvalue weighted by molar-refractivity contribution is 6.31. The Balaban J connectivity index is 1.65. The molecule has 4 rings (SSSR count). The molecule has 3 aromatic carbocycles. The number of hydrogen-bond acceptors (Lipinski definition) is 4. The van der Waals surface area contributed by atoms with Crippen molar-refractivity contribution in [2.45, 2.75) is 12.5 Å². The van der Waals surface area contributed by atoms with Crippen LogP contribution in [0.4, 0.5) is 11.4 Å². The number of benzene rings is 3. The van der Waals surface area contributed by atoms with Crippen molar-refractivity contribution in [3.05, 3.63) is 88.4 Å². The summed E-state index contributed by atoms with van der Waals surface area (Å²) in [5, 5.41) is 14.7. The van der Waals surface area contributed by atoms with Crippen LogP contribution in [-0.2, 0) is 15.2 Å². The molecule has 1 heterocycles. The van der Waals surface area contributed by atoms with Gasteiger partial charge in [0.2, 0.25) is 5.91 Å². The lowest BCUT2D eigenvalue weighted by atomic mass is 9.87. The van der Waals surface area contributed by atoms with Crippen molar-refractivity contribution in [3.8, 4) is 5.75 Å². The van der Waals surface area contributed by atoms with E-state index in [1.807, 2.05) is 19.1 Å². The summed E-state index contributed by atoms with van der Waals surface area (Å²) in [5.41, 5.74) is 0.931. The number of nitrogens with one attached hydrogen (secondary N) is 1. The van der Waals surface area contributed by atoms with E-state index in [4.69, 9.17) is 16.3 Å². The third-order valence-electron chi connectivity index (χ3n) is 5.35. The molecule has 0 saturated carbocycles. The fourth-order valence-corrected chi connectivity index (χ4v) is 3.95. The van der Waals surface area contributed by atoms with E-state index < -0.39 is 17.4 Å². The van der Waals surface area contributed by atoms with Crippen molar-refractivity contribution >= 4 is 34.8 Å². The number of ether oxygens (including phenoxy) is 1. The summed E-state index contributed by atoms with van der Waals surface area (Å²) in [4.78, 5) is 27.5. The average Bonchev–Trinajstić information content (AvgIpc) is 2.97. The van der Waals surface area contributed by atoms with Crippen molar-refractivity contribution in [1.82, 2.24) is 0 Å². The van der Waals surface area contributed by atoms with Crippen LogP contribution in [0.1, 0.15) is 16.7 Å². The molecule has 0 aliphatic carbocycles. The SMILES string of the molecule is COc1ccc(Cl)cc1NC(=O)CN1C(=O)C(O)(c2ccc(C)cc2)c2ccccc21. The first-order chi connectivity index (χ1) is 14.8. The predicted octanol–water partition coefficient (Wildman–Crippen LogP) is 3.88. The van der Waals surface area contributed by atoms with Crippen LogP contribution in [0.5, 0.6) is 5.75 Å². The summed E-state index contributed by atoms with van der Waals surface area (Å²) in [6.07, 6.45) is 0. The minimum atomic E-state index is -1.86. The standard InChI is InChI=1S/C24H21ClN2O4/c1-15-7-9-16(10-8-15)24(30)18-5-3-4-6-20(18)27(23(24)29)14-22(28)26-19-13-17(25)11-12-21(19)31-2/h3-13,30H,14H2,1-2H3,(H,26,28). The van der Waals surface area contributed by atoms with Gasteiger partial charge in [0.05, 0.1) is 18.5 Å². The third kappa shape index (κ3) is 3.65. The third-order valence-corrected chi connectivity index (χ3v) is 5.58. The van der Waals surface area contributed by atoms with Gasteiger partial charge in [0, 0.05) is 10.6 Å². The van der Waals surface area contributed by atoms with Crippen LogP contribution in [0.2, 0.25) is 5.02 Å². The van der Waals surface area contributed by atoms with Crippen LogP contribution < -0.4 is 15.0 Å². The first-order valence-electron chi connectivity index (χ1n) is 9.69. The van der Waals surface area contributed by atoms with Gasteiger partial charge >= 0.3 is 0 Å². The molecule has 2 N–H and O–H groups in total. The highest BCUT2D eigenvalue weighted by Gasteiger charge is 2.51. The Bertz CT molecular complexity index is 1160. The molecule has 1 aliphatic rings. The maximum atomic E-state index is 13.4. The van der Waals surface area contributed by atoms with Crippen molar-refractivity contribution < 1.29 is 19.4 Å². The molecule has 2 amide bonds. The zero-order chi connectivity index (χ0) is 22.2. The number of fused-ring (bicyclic) bond motifs is 1. The zero-order valence-electron chi connectivity index (χ0n) is 17.1. The lowest BCUT2D eigenvalue weighted by molar-refractivity contribution is -0.133. The highest BCUT2D eigenvalue weighted by atomic mass is 35.5. The average molecular weight is 437 g/mol. The van der Waals surface area contributed by atoms with Crippen LogP contribution in [-0.4, -0.2) is 30.6 Å². The quantitative estimate of drug-likeness (QED) is 0.636. The number of para-hydroxylation sites is 1. The van der Waals surface area contributed by atoms with Crippen molar-refractivity contribution in [3.63, 3.8) is 0 Å². The monoisotopic (exact) mass is 436 g/mol. The Hall–Kier alpha value is -3.35. The van der Waals surface area contributed by atoms with Crippen molar-refractivity contribution in [1.29, 1.82) is 0 Å². The van der Waals surface area contributed by atoms with Crippen LogP contribution >= 0.6 is 11.6 Å². The van der Waals surface area contributed by atoms with Gasteiger partial charge in [0.1, 0.15) is 12.3 Å². The minimum absolute atomic E-state index is 0.278. The minimum Gasteiger partial charge on any atom is -0.495 e. The Kier molecular flexibility index (Phi) is 5.43. The topological polar surface area (TPSA) is 78.9 Å². The maximum Gasteiger partial charge on any atom is 0.268 e. The number of amides is 2. The smallest absolute Gasteiger partial charge is 0.268 e. The summed E-state index contributed by atoms with van der Waals surface area (Å²) < 4.78 is 5.26. The number of aliphatic hydroxyl groups is 1. The van der Waals surface area contributed by atoms with Gasteiger partial charge < -0.3 is 15.2 Å². The Morgan fingerprint density at radius 1 is 1.13 bits per heavy atom. The number of methoxy groups -OCH3 is 1. The number of aryl methyl sites for hydroxylation is 1. The van der Waals surface area contributed by atoms with E-state index in [0.717, 1.165) is 5.56 Å². The van der Waals surface area contributed by atoms with Crippen LogP contribution in [0, 0.1) is 6.92 Å². The van der Waals surface area contributed by atoms with Crippen molar-refractivity contribution in [2.24, 2.45) is 0 Å². The largest absolute Gasteiger partial charge is 0.495 e. The summed E-state index contributed by atoms with van der Waals surface area (Å²) in [6.45, 7) is 1.65. The normalized spacial score (nSPS) is 17.4. The lowest BCUT2D eigenvalue weighted by Gasteiger charge is -2.24. The Labute approximate surface area is 185 Å². The second-order valence-electron chi connectivity index (χ2n) is 7.38. The van der Waals surface area contributed by atoms with Gasteiger partial charge in [-0.15, -0.1) is 0 Å². The number of nitrogens with zero attached hydrogens (tertiary/aromatic N) is 1. The molecular formula is C24H21ClN2O4. The van der Waals surface area contributed by atoms with Gasteiger partial charge in [-0.3, -0.25) is 14.5 Å². The summed E-state index contributed by atoms with van der Waals surface area (Å²) in [7, 11) is 1.49. The molecule has 158 valence electrons. The summed E-state index contributed by atoms with van der Waals surface area (Å²) >= 11 is 6.03.